The summed E-state index contributed by atoms with van der Waals surface area (Å²) in [7, 11) is 0. The maximum absolute atomic E-state index is 10.5. The van der Waals surface area contributed by atoms with Gasteiger partial charge in [-0.05, 0) is 6.42 Å². The van der Waals surface area contributed by atoms with Crippen molar-refractivity contribution in [3.05, 3.63) is 0 Å². The van der Waals surface area contributed by atoms with E-state index in [0.717, 1.165) is 0 Å². The standard InChI is InChI=1S/C5H10N2O3/c1-2-3(6)4(8)10-5(7)9/h3H,2,6H2,1H3,(H2,7,9). The molecule has 0 aliphatic heterocycles. The quantitative estimate of drug-likeness (QED) is 0.399. The molecule has 0 fully saturated rings. The van der Waals surface area contributed by atoms with E-state index in [1.165, 1.54) is 0 Å². The highest BCUT2D eigenvalue weighted by atomic mass is 16.6. The lowest BCUT2D eigenvalue weighted by atomic mass is 10.2. The van der Waals surface area contributed by atoms with Gasteiger partial charge in [0, 0.05) is 0 Å². The van der Waals surface area contributed by atoms with Crippen LogP contribution in [0.1, 0.15) is 13.3 Å². The lowest BCUT2D eigenvalue weighted by molar-refractivity contribution is -0.138. The summed E-state index contributed by atoms with van der Waals surface area (Å²) in [6.07, 6.45) is -0.694. The van der Waals surface area contributed by atoms with Crippen LogP contribution < -0.4 is 11.5 Å². The highest BCUT2D eigenvalue weighted by Crippen LogP contribution is 1.89. The Hall–Kier alpha value is -1.10. The van der Waals surface area contributed by atoms with Crippen molar-refractivity contribution in [2.45, 2.75) is 19.4 Å². The number of hydrogen-bond donors (Lipinski definition) is 2. The molecule has 0 saturated carbocycles. The Labute approximate surface area is 58.3 Å². The SMILES string of the molecule is CCC(N)C(=O)OC(N)=O. The first-order valence-corrected chi connectivity index (χ1v) is 2.84. The zero-order valence-electron chi connectivity index (χ0n) is 5.66. The molecule has 1 atom stereocenters. The van der Waals surface area contributed by atoms with Gasteiger partial charge in [-0.15, -0.1) is 0 Å². The number of nitrogens with two attached hydrogens (primary N) is 2. The predicted octanol–water partition coefficient (Wildman–Crippen LogP) is -0.654. The summed E-state index contributed by atoms with van der Waals surface area (Å²) >= 11 is 0. The zero-order chi connectivity index (χ0) is 8.15. The lowest BCUT2D eigenvalue weighted by Gasteiger charge is -2.04. The van der Waals surface area contributed by atoms with Crippen molar-refractivity contribution in [1.82, 2.24) is 0 Å². The third kappa shape index (κ3) is 3.03. The Kier molecular flexibility index (Phi) is 3.42. The lowest BCUT2D eigenvalue weighted by Crippen LogP contribution is -2.34. The maximum atomic E-state index is 10.5. The summed E-state index contributed by atoms with van der Waals surface area (Å²) in [5.74, 6) is -0.782. The van der Waals surface area contributed by atoms with E-state index in [0.29, 0.717) is 6.42 Å². The molecule has 10 heavy (non-hydrogen) atoms. The van der Waals surface area contributed by atoms with Gasteiger partial charge in [0.05, 0.1) is 0 Å². The fraction of sp³-hybridized carbons (Fsp3) is 0.600. The smallest absolute Gasteiger partial charge is 0.375 e. The minimum atomic E-state index is -1.12. The number of carbonyl (C=O) groups excluding carboxylic acids is 2. The molecular formula is C5H10N2O3. The van der Waals surface area contributed by atoms with E-state index in [4.69, 9.17) is 5.73 Å². The summed E-state index contributed by atoms with van der Waals surface area (Å²) in [6, 6.07) is -0.757. The fourth-order valence-corrected chi connectivity index (χ4v) is 0.341. The van der Waals surface area contributed by atoms with E-state index in [9.17, 15) is 9.59 Å². The van der Waals surface area contributed by atoms with Gasteiger partial charge < -0.3 is 16.2 Å². The molecule has 0 bridgehead atoms. The van der Waals surface area contributed by atoms with Gasteiger partial charge >= 0.3 is 12.1 Å². The molecule has 4 N–H and O–H groups in total. The Morgan fingerprint density at radius 2 is 2.10 bits per heavy atom. The molecule has 0 heterocycles. The Morgan fingerprint density at radius 3 is 2.40 bits per heavy atom. The Morgan fingerprint density at radius 1 is 1.60 bits per heavy atom. The molecule has 1 amide bonds. The van der Waals surface area contributed by atoms with Gasteiger partial charge in [-0.1, -0.05) is 6.92 Å². The first-order chi connectivity index (χ1) is 4.57. The molecular weight excluding hydrogens is 136 g/mol. The third-order valence-corrected chi connectivity index (χ3v) is 0.944. The summed E-state index contributed by atoms with van der Waals surface area (Å²) in [5, 5.41) is 0. The second kappa shape index (κ2) is 3.84. The number of amides is 1. The van der Waals surface area contributed by atoms with Gasteiger partial charge in [-0.3, -0.25) is 0 Å². The number of ether oxygens (including phenoxy) is 1. The van der Waals surface area contributed by atoms with Crippen molar-refractivity contribution in [2.75, 3.05) is 0 Å². The molecule has 5 heteroatoms. The first-order valence-electron chi connectivity index (χ1n) is 2.84. The van der Waals surface area contributed by atoms with Crippen LogP contribution in [0.2, 0.25) is 0 Å². The second-order valence-electron chi connectivity index (χ2n) is 1.75. The summed E-state index contributed by atoms with van der Waals surface area (Å²) < 4.78 is 3.98. The van der Waals surface area contributed by atoms with E-state index >= 15 is 0 Å². The fourth-order valence-electron chi connectivity index (χ4n) is 0.341. The Balaban J connectivity index is 3.73. The largest absolute Gasteiger partial charge is 0.412 e. The van der Waals surface area contributed by atoms with Crippen molar-refractivity contribution in [2.24, 2.45) is 11.5 Å². The van der Waals surface area contributed by atoms with Crippen molar-refractivity contribution in [3.63, 3.8) is 0 Å². The monoisotopic (exact) mass is 146 g/mol. The summed E-state index contributed by atoms with van der Waals surface area (Å²) in [4.78, 5) is 20.5. The van der Waals surface area contributed by atoms with Crippen LogP contribution in [0.5, 0.6) is 0 Å². The minimum Gasteiger partial charge on any atom is -0.375 e. The van der Waals surface area contributed by atoms with Crippen LogP contribution in [0.15, 0.2) is 0 Å². The number of carbonyl (C=O) groups is 2. The molecule has 1 unspecified atom stereocenters. The molecule has 0 spiro atoms. The van der Waals surface area contributed by atoms with Crippen LogP contribution in [0.25, 0.3) is 0 Å². The van der Waals surface area contributed by atoms with Crippen molar-refractivity contribution in [1.29, 1.82) is 0 Å². The van der Waals surface area contributed by atoms with Crippen molar-refractivity contribution >= 4 is 12.1 Å². The third-order valence-electron chi connectivity index (χ3n) is 0.944. The molecule has 0 rings (SSSR count). The predicted molar refractivity (Wildman–Crippen MR) is 33.9 cm³/mol. The van der Waals surface area contributed by atoms with E-state index in [1.807, 2.05) is 0 Å². The van der Waals surface area contributed by atoms with Crippen LogP contribution in [-0.4, -0.2) is 18.1 Å². The number of rotatable bonds is 2. The molecule has 0 aromatic rings. The van der Waals surface area contributed by atoms with Gasteiger partial charge in [-0.25, -0.2) is 9.59 Å². The second-order valence-corrected chi connectivity index (χ2v) is 1.75. The first kappa shape index (κ1) is 8.90. The zero-order valence-corrected chi connectivity index (χ0v) is 5.66. The minimum absolute atomic E-state index is 0.423. The van der Waals surface area contributed by atoms with E-state index in [2.05, 4.69) is 10.5 Å². The van der Waals surface area contributed by atoms with Gasteiger partial charge in [0.15, 0.2) is 0 Å². The van der Waals surface area contributed by atoms with Crippen LogP contribution in [-0.2, 0) is 9.53 Å². The average Bonchev–Trinajstić information content (AvgIpc) is 1.85. The van der Waals surface area contributed by atoms with Gasteiger partial charge in [0.25, 0.3) is 0 Å². The molecule has 0 radical (unpaired) electrons. The van der Waals surface area contributed by atoms with E-state index in [1.54, 1.807) is 6.92 Å². The topological polar surface area (TPSA) is 95.4 Å². The van der Waals surface area contributed by atoms with Crippen molar-refractivity contribution < 1.29 is 14.3 Å². The highest BCUT2D eigenvalue weighted by Gasteiger charge is 2.14. The molecule has 0 saturated heterocycles. The molecule has 58 valence electrons. The van der Waals surface area contributed by atoms with Crippen LogP contribution in [0.4, 0.5) is 4.79 Å². The number of esters is 1. The summed E-state index contributed by atoms with van der Waals surface area (Å²) in [6.45, 7) is 1.70. The molecule has 0 aliphatic rings. The van der Waals surface area contributed by atoms with Gasteiger partial charge in [0.2, 0.25) is 0 Å². The molecule has 5 nitrogen and oxygen atoms in total. The van der Waals surface area contributed by atoms with E-state index < -0.39 is 18.1 Å². The number of primary amides is 1. The molecule has 0 aromatic carbocycles. The Bertz CT molecular complexity index is 146. The molecule has 0 aromatic heterocycles. The van der Waals surface area contributed by atoms with Gasteiger partial charge in [0.1, 0.15) is 6.04 Å². The number of hydrogen-bond acceptors (Lipinski definition) is 4. The average molecular weight is 146 g/mol. The summed E-state index contributed by atoms with van der Waals surface area (Å²) in [5.41, 5.74) is 9.73. The molecule has 0 aliphatic carbocycles. The van der Waals surface area contributed by atoms with Crippen LogP contribution in [0.3, 0.4) is 0 Å². The maximum Gasteiger partial charge on any atom is 0.412 e. The van der Waals surface area contributed by atoms with E-state index in [-0.39, 0.29) is 0 Å². The van der Waals surface area contributed by atoms with Gasteiger partial charge in [-0.2, -0.15) is 0 Å². The normalized spacial score (nSPS) is 12.2. The van der Waals surface area contributed by atoms with Crippen molar-refractivity contribution in [3.8, 4) is 0 Å². The van der Waals surface area contributed by atoms with Crippen LogP contribution >= 0.6 is 0 Å². The van der Waals surface area contributed by atoms with Crippen LogP contribution in [0, 0.1) is 0 Å². The highest BCUT2D eigenvalue weighted by molar-refractivity contribution is 5.86.